The van der Waals surface area contributed by atoms with Crippen LogP contribution in [0.4, 0.5) is 0 Å². The summed E-state index contributed by atoms with van der Waals surface area (Å²) in [5.74, 6) is -2.58. The van der Waals surface area contributed by atoms with Crippen molar-refractivity contribution in [3.05, 3.63) is 35.9 Å². The molecule has 0 saturated heterocycles. The van der Waals surface area contributed by atoms with E-state index in [1.807, 2.05) is 12.3 Å². The molecule has 0 heterocycles. The van der Waals surface area contributed by atoms with Crippen molar-refractivity contribution in [1.82, 2.24) is 16.0 Å². The number of carbonyl (C=O) groups excluding carboxylic acids is 3. The van der Waals surface area contributed by atoms with Crippen molar-refractivity contribution in [2.45, 2.75) is 31.0 Å². The van der Waals surface area contributed by atoms with Gasteiger partial charge in [-0.2, -0.15) is 11.8 Å². The number of rotatable bonds is 13. The number of thioether (sulfide) groups is 1. The van der Waals surface area contributed by atoms with Crippen molar-refractivity contribution in [3.63, 3.8) is 0 Å². The lowest BCUT2D eigenvalue weighted by atomic mass is 10.0. The highest BCUT2D eigenvalue weighted by Crippen LogP contribution is 2.05. The molecule has 0 aromatic heterocycles. The van der Waals surface area contributed by atoms with Gasteiger partial charge < -0.3 is 31.9 Å². The van der Waals surface area contributed by atoms with Crippen molar-refractivity contribution < 1.29 is 29.4 Å². The molecule has 10 nitrogen and oxygen atoms in total. The third-order valence-corrected chi connectivity index (χ3v) is 4.77. The number of nitrogens with two attached hydrogens (primary N) is 1. The molecule has 1 aromatic rings. The summed E-state index contributed by atoms with van der Waals surface area (Å²) in [6.45, 7) is -1.29. The molecule has 0 saturated carbocycles. The SMILES string of the molecule is CSCCC(N)C(=O)NC(Cc1ccccc1)C(=O)NCC(=O)NC(CO)C(=O)O. The summed E-state index contributed by atoms with van der Waals surface area (Å²) in [7, 11) is 0. The van der Waals surface area contributed by atoms with E-state index in [-0.39, 0.29) is 6.42 Å². The van der Waals surface area contributed by atoms with Gasteiger partial charge >= 0.3 is 5.97 Å². The average Bonchev–Trinajstić information content (AvgIpc) is 2.73. The van der Waals surface area contributed by atoms with E-state index >= 15 is 0 Å². The van der Waals surface area contributed by atoms with Crippen LogP contribution in [-0.2, 0) is 25.6 Å². The van der Waals surface area contributed by atoms with E-state index in [2.05, 4.69) is 16.0 Å². The van der Waals surface area contributed by atoms with Crippen LogP contribution in [0.25, 0.3) is 0 Å². The minimum absolute atomic E-state index is 0.184. The van der Waals surface area contributed by atoms with Crippen LogP contribution in [0.5, 0.6) is 0 Å². The Morgan fingerprint density at radius 2 is 1.73 bits per heavy atom. The van der Waals surface area contributed by atoms with Gasteiger partial charge in [-0.3, -0.25) is 14.4 Å². The summed E-state index contributed by atoms with van der Waals surface area (Å²) in [5.41, 5.74) is 6.66. The molecule has 0 bridgehead atoms. The zero-order valence-electron chi connectivity index (χ0n) is 16.7. The Morgan fingerprint density at radius 3 is 2.30 bits per heavy atom. The van der Waals surface area contributed by atoms with Crippen LogP contribution < -0.4 is 21.7 Å². The minimum atomic E-state index is -1.47. The molecule has 0 aliphatic heterocycles. The van der Waals surface area contributed by atoms with Gasteiger partial charge in [-0.25, -0.2) is 4.79 Å². The van der Waals surface area contributed by atoms with E-state index in [1.165, 1.54) is 0 Å². The Kier molecular flexibility index (Phi) is 11.5. The van der Waals surface area contributed by atoms with Crippen LogP contribution in [0.2, 0.25) is 0 Å². The normalized spacial score (nSPS) is 13.6. The number of amides is 3. The van der Waals surface area contributed by atoms with Gasteiger partial charge in [0.25, 0.3) is 0 Å². The first kappa shape index (κ1) is 25.4. The predicted molar refractivity (Wildman–Crippen MR) is 113 cm³/mol. The largest absolute Gasteiger partial charge is 0.480 e. The van der Waals surface area contributed by atoms with Gasteiger partial charge in [-0.1, -0.05) is 30.3 Å². The van der Waals surface area contributed by atoms with Crippen molar-refractivity contribution >= 4 is 35.5 Å². The molecule has 0 radical (unpaired) electrons. The Morgan fingerprint density at radius 1 is 1.07 bits per heavy atom. The molecule has 3 unspecified atom stereocenters. The number of hydrogen-bond donors (Lipinski definition) is 6. The van der Waals surface area contributed by atoms with Gasteiger partial charge in [-0.05, 0) is 24.0 Å². The van der Waals surface area contributed by atoms with Gasteiger partial charge in [0.2, 0.25) is 17.7 Å². The lowest BCUT2D eigenvalue weighted by Gasteiger charge is -2.21. The fraction of sp³-hybridized carbons (Fsp3) is 0.474. The summed E-state index contributed by atoms with van der Waals surface area (Å²) in [5, 5.41) is 24.9. The average molecular weight is 441 g/mol. The highest BCUT2D eigenvalue weighted by Gasteiger charge is 2.25. The monoisotopic (exact) mass is 440 g/mol. The molecule has 1 aromatic carbocycles. The molecular weight excluding hydrogens is 412 g/mol. The minimum Gasteiger partial charge on any atom is -0.480 e. The maximum Gasteiger partial charge on any atom is 0.328 e. The molecular formula is C19H28N4O6S. The Labute approximate surface area is 179 Å². The van der Waals surface area contributed by atoms with Gasteiger partial charge in [0, 0.05) is 6.42 Å². The third kappa shape index (κ3) is 9.25. The molecule has 1 rings (SSSR count). The maximum absolute atomic E-state index is 12.6. The van der Waals surface area contributed by atoms with Crippen molar-refractivity contribution in [3.8, 4) is 0 Å². The number of hydrogen-bond acceptors (Lipinski definition) is 7. The van der Waals surface area contributed by atoms with Gasteiger partial charge in [0.1, 0.15) is 12.1 Å². The zero-order chi connectivity index (χ0) is 22.5. The summed E-state index contributed by atoms with van der Waals surface area (Å²) in [6.07, 6.45) is 2.53. The molecule has 0 aliphatic carbocycles. The second-order valence-corrected chi connectivity index (χ2v) is 7.48. The molecule has 3 atom stereocenters. The van der Waals surface area contributed by atoms with Crippen LogP contribution in [0.3, 0.4) is 0 Å². The van der Waals surface area contributed by atoms with Crippen LogP contribution in [0, 0.1) is 0 Å². The first-order valence-electron chi connectivity index (χ1n) is 9.28. The van der Waals surface area contributed by atoms with Crippen molar-refractivity contribution in [2.24, 2.45) is 5.73 Å². The Hall–Kier alpha value is -2.63. The van der Waals surface area contributed by atoms with Crippen LogP contribution in [-0.4, -0.2) is 77.2 Å². The summed E-state index contributed by atoms with van der Waals surface area (Å²) >= 11 is 1.55. The van der Waals surface area contributed by atoms with Crippen molar-refractivity contribution in [1.29, 1.82) is 0 Å². The Balaban J connectivity index is 2.75. The topological polar surface area (TPSA) is 171 Å². The highest BCUT2D eigenvalue weighted by atomic mass is 32.2. The number of aliphatic hydroxyl groups excluding tert-OH is 1. The standard InChI is InChI=1S/C19H28N4O6S/c1-30-8-7-13(20)17(26)23-14(9-12-5-3-2-4-6-12)18(27)21-10-16(25)22-15(11-24)19(28)29/h2-6,13-15,24H,7-11,20H2,1H3,(H,21,27)(H,22,25)(H,23,26)(H,28,29). The number of carboxylic acids is 1. The summed E-state index contributed by atoms with van der Waals surface area (Å²) in [4.78, 5) is 47.6. The van der Waals surface area contributed by atoms with E-state index in [1.54, 1.807) is 36.0 Å². The number of aliphatic hydroxyl groups is 1. The molecule has 7 N–H and O–H groups in total. The van der Waals surface area contributed by atoms with E-state index in [0.29, 0.717) is 12.2 Å². The van der Waals surface area contributed by atoms with E-state index < -0.39 is 55.0 Å². The van der Waals surface area contributed by atoms with Gasteiger partial charge in [0.15, 0.2) is 0 Å². The second kappa shape index (κ2) is 13.6. The fourth-order valence-electron chi connectivity index (χ4n) is 2.44. The molecule has 3 amide bonds. The lowest BCUT2D eigenvalue weighted by molar-refractivity contribution is -0.142. The molecule has 0 spiro atoms. The van der Waals surface area contributed by atoms with Crippen molar-refractivity contribution in [2.75, 3.05) is 25.2 Å². The summed E-state index contributed by atoms with van der Waals surface area (Å²) in [6, 6.07) is 5.80. The molecule has 11 heteroatoms. The van der Waals surface area contributed by atoms with Crippen LogP contribution in [0.15, 0.2) is 30.3 Å². The second-order valence-electron chi connectivity index (χ2n) is 6.50. The fourth-order valence-corrected chi connectivity index (χ4v) is 2.92. The number of nitrogens with one attached hydrogen (secondary N) is 3. The smallest absolute Gasteiger partial charge is 0.328 e. The number of carbonyl (C=O) groups is 4. The first-order valence-corrected chi connectivity index (χ1v) is 10.7. The van der Waals surface area contributed by atoms with Gasteiger partial charge in [-0.15, -0.1) is 0 Å². The number of aliphatic carboxylic acids is 1. The third-order valence-electron chi connectivity index (χ3n) is 4.12. The molecule has 30 heavy (non-hydrogen) atoms. The number of benzene rings is 1. The maximum atomic E-state index is 12.6. The van der Waals surface area contributed by atoms with E-state index in [9.17, 15) is 19.2 Å². The summed E-state index contributed by atoms with van der Waals surface area (Å²) < 4.78 is 0. The Bertz CT molecular complexity index is 718. The lowest BCUT2D eigenvalue weighted by Crippen LogP contribution is -2.54. The molecule has 0 aliphatic rings. The molecule has 0 fully saturated rings. The number of carboxylic acid groups (broad SMARTS) is 1. The molecule has 166 valence electrons. The highest BCUT2D eigenvalue weighted by molar-refractivity contribution is 7.98. The van der Waals surface area contributed by atoms with E-state index in [4.69, 9.17) is 15.9 Å². The van der Waals surface area contributed by atoms with Crippen LogP contribution in [0.1, 0.15) is 12.0 Å². The quantitative estimate of drug-likeness (QED) is 0.214. The van der Waals surface area contributed by atoms with Gasteiger partial charge in [0.05, 0.1) is 19.2 Å². The van der Waals surface area contributed by atoms with Crippen LogP contribution >= 0.6 is 11.8 Å². The van der Waals surface area contributed by atoms with E-state index in [0.717, 1.165) is 5.56 Å². The zero-order valence-corrected chi connectivity index (χ0v) is 17.5. The predicted octanol–water partition coefficient (Wildman–Crippen LogP) is -1.53. The first-order chi connectivity index (χ1) is 14.3.